The van der Waals surface area contributed by atoms with Gasteiger partial charge in [-0.25, -0.2) is 13.2 Å². The van der Waals surface area contributed by atoms with Crippen LogP contribution in [0, 0.1) is 30.3 Å². The van der Waals surface area contributed by atoms with Crippen molar-refractivity contribution >= 4 is 0 Å². The van der Waals surface area contributed by atoms with E-state index in [0.717, 1.165) is 42.7 Å². The first-order chi connectivity index (χ1) is 13.9. The van der Waals surface area contributed by atoms with Gasteiger partial charge in [0.1, 0.15) is 5.82 Å². The van der Waals surface area contributed by atoms with E-state index in [-0.39, 0.29) is 16.7 Å². The molecule has 1 saturated carbocycles. The average Bonchev–Trinajstić information content (AvgIpc) is 2.72. The highest BCUT2D eigenvalue weighted by atomic mass is 19.2. The SMILES string of the molecule is Cc1ccc(-c2ccc(-c3ccc(C4CCC(C)CC4)cc3F)c(F)c2F)cc1. The van der Waals surface area contributed by atoms with Crippen molar-refractivity contribution in [1.82, 2.24) is 0 Å². The van der Waals surface area contributed by atoms with E-state index in [1.807, 2.05) is 25.1 Å². The van der Waals surface area contributed by atoms with Crippen molar-refractivity contribution in [2.45, 2.75) is 45.4 Å². The Morgan fingerprint density at radius 2 is 1.28 bits per heavy atom. The van der Waals surface area contributed by atoms with Gasteiger partial charge < -0.3 is 0 Å². The minimum absolute atomic E-state index is 0.0420. The summed E-state index contributed by atoms with van der Waals surface area (Å²) < 4.78 is 44.5. The van der Waals surface area contributed by atoms with Gasteiger partial charge in [0, 0.05) is 16.7 Å². The van der Waals surface area contributed by atoms with Crippen LogP contribution in [0.15, 0.2) is 54.6 Å². The second-order valence-electron chi connectivity index (χ2n) is 8.35. The van der Waals surface area contributed by atoms with Crippen LogP contribution in [0.2, 0.25) is 0 Å². The summed E-state index contributed by atoms with van der Waals surface area (Å²) in [6.45, 7) is 4.18. The van der Waals surface area contributed by atoms with Crippen LogP contribution >= 0.6 is 0 Å². The van der Waals surface area contributed by atoms with Crippen LogP contribution in [0.3, 0.4) is 0 Å². The number of benzene rings is 3. The Morgan fingerprint density at radius 1 is 0.690 bits per heavy atom. The minimum atomic E-state index is -1.01. The lowest BCUT2D eigenvalue weighted by Gasteiger charge is -2.26. The van der Waals surface area contributed by atoms with Crippen molar-refractivity contribution in [2.75, 3.05) is 0 Å². The zero-order chi connectivity index (χ0) is 20.5. The third-order valence-corrected chi connectivity index (χ3v) is 6.22. The topological polar surface area (TPSA) is 0 Å². The standard InChI is InChI=1S/C26H25F3/c1-16-3-7-18(8-4-16)20-11-12-22(24(27)15-20)23-14-13-21(25(28)26(23)29)19-9-5-17(2)6-10-19/h5-6,9-16,18H,3-4,7-8H2,1-2H3. The Bertz CT molecular complexity index is 1010. The second kappa shape index (κ2) is 8.06. The Balaban J connectivity index is 1.66. The van der Waals surface area contributed by atoms with E-state index in [9.17, 15) is 13.2 Å². The minimum Gasteiger partial charge on any atom is -0.206 e. The quantitative estimate of drug-likeness (QED) is 0.422. The summed E-state index contributed by atoms with van der Waals surface area (Å²) in [5.41, 5.74) is 2.83. The van der Waals surface area contributed by atoms with Crippen LogP contribution in [-0.4, -0.2) is 0 Å². The molecular formula is C26H25F3. The molecule has 0 unspecified atom stereocenters. The van der Waals surface area contributed by atoms with E-state index >= 15 is 0 Å². The highest BCUT2D eigenvalue weighted by Crippen LogP contribution is 2.38. The molecule has 0 radical (unpaired) electrons. The zero-order valence-electron chi connectivity index (χ0n) is 16.8. The average molecular weight is 394 g/mol. The molecule has 4 rings (SSSR count). The van der Waals surface area contributed by atoms with Gasteiger partial charge in [-0.1, -0.05) is 73.9 Å². The maximum Gasteiger partial charge on any atom is 0.167 e. The fourth-order valence-electron chi connectivity index (χ4n) is 4.31. The van der Waals surface area contributed by atoms with Crippen molar-refractivity contribution in [2.24, 2.45) is 5.92 Å². The van der Waals surface area contributed by atoms with Crippen LogP contribution < -0.4 is 0 Å². The number of hydrogen-bond acceptors (Lipinski definition) is 0. The van der Waals surface area contributed by atoms with Gasteiger partial charge in [-0.05, 0) is 48.8 Å². The van der Waals surface area contributed by atoms with E-state index in [4.69, 9.17) is 0 Å². The smallest absolute Gasteiger partial charge is 0.167 e. The summed E-state index contributed by atoms with van der Waals surface area (Å²) in [6.07, 6.45) is 4.39. The Morgan fingerprint density at radius 3 is 1.93 bits per heavy atom. The lowest BCUT2D eigenvalue weighted by Crippen LogP contribution is -2.11. The number of hydrogen-bond donors (Lipinski definition) is 0. The van der Waals surface area contributed by atoms with Crippen molar-refractivity contribution < 1.29 is 13.2 Å². The maximum atomic E-state index is 14.9. The number of rotatable bonds is 3. The third kappa shape index (κ3) is 3.96. The molecule has 150 valence electrons. The van der Waals surface area contributed by atoms with Crippen LogP contribution in [-0.2, 0) is 0 Å². The third-order valence-electron chi connectivity index (χ3n) is 6.22. The zero-order valence-corrected chi connectivity index (χ0v) is 16.8. The Kier molecular flexibility index (Phi) is 5.49. The molecule has 0 heterocycles. The molecule has 1 fully saturated rings. The first-order valence-corrected chi connectivity index (χ1v) is 10.3. The molecule has 29 heavy (non-hydrogen) atoms. The molecule has 0 nitrogen and oxygen atoms in total. The summed E-state index contributed by atoms with van der Waals surface area (Å²) in [5, 5.41) is 0. The van der Waals surface area contributed by atoms with Gasteiger partial charge in [0.15, 0.2) is 11.6 Å². The fourth-order valence-corrected chi connectivity index (χ4v) is 4.31. The Labute approximate surface area is 170 Å². The summed E-state index contributed by atoms with van der Waals surface area (Å²) >= 11 is 0. The fraction of sp³-hybridized carbons (Fsp3) is 0.308. The molecule has 0 saturated heterocycles. The number of halogens is 3. The molecule has 0 spiro atoms. The van der Waals surface area contributed by atoms with Crippen LogP contribution in [0.4, 0.5) is 13.2 Å². The molecule has 1 aliphatic carbocycles. The van der Waals surface area contributed by atoms with Gasteiger partial charge in [-0.3, -0.25) is 0 Å². The molecule has 0 bridgehead atoms. The molecular weight excluding hydrogens is 369 g/mol. The van der Waals surface area contributed by atoms with Gasteiger partial charge >= 0.3 is 0 Å². The van der Waals surface area contributed by atoms with Crippen molar-refractivity contribution in [3.8, 4) is 22.3 Å². The van der Waals surface area contributed by atoms with E-state index in [0.29, 0.717) is 11.5 Å². The van der Waals surface area contributed by atoms with E-state index in [2.05, 4.69) is 6.92 Å². The molecule has 3 heteroatoms. The van der Waals surface area contributed by atoms with Gasteiger partial charge in [-0.2, -0.15) is 0 Å². The van der Waals surface area contributed by atoms with Crippen LogP contribution in [0.25, 0.3) is 22.3 Å². The molecule has 0 amide bonds. The molecule has 3 aromatic rings. The largest absolute Gasteiger partial charge is 0.206 e. The lowest BCUT2D eigenvalue weighted by atomic mass is 9.79. The van der Waals surface area contributed by atoms with Gasteiger partial charge in [-0.15, -0.1) is 0 Å². The molecule has 0 atom stereocenters. The summed E-state index contributed by atoms with van der Waals surface area (Å²) in [4.78, 5) is 0. The maximum absolute atomic E-state index is 14.9. The van der Waals surface area contributed by atoms with Crippen LogP contribution in [0.5, 0.6) is 0 Å². The van der Waals surface area contributed by atoms with Gasteiger partial charge in [0.05, 0.1) is 0 Å². The summed E-state index contributed by atoms with van der Waals surface area (Å²) in [6, 6.07) is 15.2. The van der Waals surface area contributed by atoms with Crippen molar-refractivity contribution in [1.29, 1.82) is 0 Å². The molecule has 0 N–H and O–H groups in total. The Hall–Kier alpha value is -2.55. The van der Waals surface area contributed by atoms with Gasteiger partial charge in [0.2, 0.25) is 0 Å². The number of aryl methyl sites for hydroxylation is 1. The normalized spacial score (nSPS) is 19.3. The first kappa shape index (κ1) is 19.8. The van der Waals surface area contributed by atoms with Crippen LogP contribution in [0.1, 0.15) is 49.7 Å². The first-order valence-electron chi connectivity index (χ1n) is 10.3. The highest BCUT2D eigenvalue weighted by Gasteiger charge is 2.22. The van der Waals surface area contributed by atoms with Crippen molar-refractivity contribution in [3.05, 3.63) is 83.2 Å². The van der Waals surface area contributed by atoms with Gasteiger partial charge in [0.25, 0.3) is 0 Å². The van der Waals surface area contributed by atoms with Crippen molar-refractivity contribution in [3.63, 3.8) is 0 Å². The predicted octanol–water partition coefficient (Wildman–Crippen LogP) is 8.04. The van der Waals surface area contributed by atoms with E-state index < -0.39 is 17.5 Å². The predicted molar refractivity (Wildman–Crippen MR) is 112 cm³/mol. The molecule has 0 aromatic heterocycles. The summed E-state index contributed by atoms with van der Waals surface area (Å²) in [5.74, 6) is -1.39. The highest BCUT2D eigenvalue weighted by molar-refractivity contribution is 5.72. The second-order valence-corrected chi connectivity index (χ2v) is 8.35. The lowest BCUT2D eigenvalue weighted by molar-refractivity contribution is 0.347. The molecule has 3 aromatic carbocycles. The molecule has 0 aliphatic heterocycles. The van der Waals surface area contributed by atoms with E-state index in [1.54, 1.807) is 18.2 Å². The monoisotopic (exact) mass is 394 g/mol. The van der Waals surface area contributed by atoms with E-state index in [1.165, 1.54) is 18.2 Å². The molecule has 1 aliphatic rings. The summed E-state index contributed by atoms with van der Waals surface area (Å²) in [7, 11) is 0.